The molecule has 0 radical (unpaired) electrons. The Labute approximate surface area is 121 Å². The minimum absolute atomic E-state index is 0.121. The molecule has 106 valence electrons. The molecule has 3 heteroatoms. The second kappa shape index (κ2) is 6.55. The molecule has 20 heavy (non-hydrogen) atoms. The lowest BCUT2D eigenvalue weighted by molar-refractivity contribution is 0.551. The molecule has 1 unspecified atom stereocenters. The molecule has 0 heterocycles. The maximum atomic E-state index is 5.77. The van der Waals surface area contributed by atoms with Gasteiger partial charge in [-0.05, 0) is 42.2 Å². The zero-order valence-electron chi connectivity index (χ0n) is 12.4. The Hall–Kier alpha value is -1.84. The van der Waals surface area contributed by atoms with Crippen LogP contribution in [0.1, 0.15) is 22.7 Å². The van der Waals surface area contributed by atoms with Gasteiger partial charge in [-0.25, -0.2) is 0 Å². The molecule has 3 N–H and O–H groups in total. The van der Waals surface area contributed by atoms with E-state index in [1.54, 1.807) is 0 Å². The molecule has 2 aromatic rings. The number of hydrogen-bond donors (Lipinski definition) is 2. The molecule has 0 aromatic heterocycles. The molecule has 0 amide bonds. The van der Waals surface area contributed by atoms with Crippen LogP contribution in [-0.2, 0) is 6.42 Å². The zero-order chi connectivity index (χ0) is 14.5. The van der Waals surface area contributed by atoms with Crippen molar-refractivity contribution >= 4 is 5.69 Å². The number of rotatable bonds is 5. The van der Waals surface area contributed by atoms with E-state index in [1.807, 2.05) is 14.1 Å². The summed E-state index contributed by atoms with van der Waals surface area (Å²) >= 11 is 0. The molecule has 0 aliphatic carbocycles. The molecule has 0 saturated carbocycles. The van der Waals surface area contributed by atoms with Crippen molar-refractivity contribution in [3.05, 3.63) is 65.2 Å². The fourth-order valence-corrected chi connectivity index (χ4v) is 2.35. The lowest BCUT2D eigenvalue weighted by Crippen LogP contribution is -2.30. The van der Waals surface area contributed by atoms with Gasteiger partial charge in [0.25, 0.3) is 0 Å². The fraction of sp³-hybridized carbons (Fsp3) is 0.294. The van der Waals surface area contributed by atoms with Crippen LogP contribution in [0.3, 0.4) is 0 Å². The first-order chi connectivity index (χ1) is 9.61. The minimum Gasteiger partial charge on any atom is -0.378 e. The SMILES string of the molecule is Cc1ccccc1CC(NN)c1cccc(N(C)C)c1. The number of nitrogens with zero attached hydrogens (tertiary/aromatic N) is 1. The quantitative estimate of drug-likeness (QED) is 0.648. The van der Waals surface area contributed by atoms with Gasteiger partial charge in [-0.2, -0.15) is 0 Å². The van der Waals surface area contributed by atoms with Crippen molar-refractivity contribution in [2.24, 2.45) is 5.84 Å². The lowest BCUT2D eigenvalue weighted by Gasteiger charge is -2.20. The second-order valence-electron chi connectivity index (χ2n) is 5.34. The molecule has 0 bridgehead atoms. The van der Waals surface area contributed by atoms with Crippen molar-refractivity contribution < 1.29 is 0 Å². The van der Waals surface area contributed by atoms with Gasteiger partial charge in [-0.3, -0.25) is 11.3 Å². The van der Waals surface area contributed by atoms with Gasteiger partial charge in [0.1, 0.15) is 0 Å². The molecule has 0 aliphatic heterocycles. The van der Waals surface area contributed by atoms with Crippen molar-refractivity contribution in [2.45, 2.75) is 19.4 Å². The molecular weight excluding hydrogens is 246 g/mol. The van der Waals surface area contributed by atoms with E-state index >= 15 is 0 Å². The Morgan fingerprint density at radius 1 is 1.10 bits per heavy atom. The Morgan fingerprint density at radius 3 is 2.50 bits per heavy atom. The first kappa shape index (κ1) is 14.6. The monoisotopic (exact) mass is 269 g/mol. The number of benzene rings is 2. The zero-order valence-corrected chi connectivity index (χ0v) is 12.4. The van der Waals surface area contributed by atoms with Crippen LogP contribution in [0.25, 0.3) is 0 Å². The molecule has 0 fully saturated rings. The third kappa shape index (κ3) is 3.38. The average molecular weight is 269 g/mol. The number of nitrogens with two attached hydrogens (primary N) is 1. The summed E-state index contributed by atoms with van der Waals surface area (Å²) in [4.78, 5) is 2.10. The Kier molecular flexibility index (Phi) is 4.77. The summed E-state index contributed by atoms with van der Waals surface area (Å²) in [6.45, 7) is 2.14. The summed E-state index contributed by atoms with van der Waals surface area (Å²) < 4.78 is 0. The van der Waals surface area contributed by atoms with Crippen LogP contribution in [0.4, 0.5) is 5.69 Å². The van der Waals surface area contributed by atoms with Gasteiger partial charge < -0.3 is 4.90 Å². The van der Waals surface area contributed by atoms with E-state index < -0.39 is 0 Å². The number of hydrazine groups is 1. The highest BCUT2D eigenvalue weighted by atomic mass is 15.2. The van der Waals surface area contributed by atoms with Crippen molar-refractivity contribution in [3.63, 3.8) is 0 Å². The summed E-state index contributed by atoms with van der Waals surface area (Å²) in [5.74, 6) is 5.77. The highest BCUT2D eigenvalue weighted by molar-refractivity contribution is 5.48. The second-order valence-corrected chi connectivity index (χ2v) is 5.34. The van der Waals surface area contributed by atoms with Gasteiger partial charge in [0.05, 0.1) is 6.04 Å². The molecule has 2 rings (SSSR count). The summed E-state index contributed by atoms with van der Waals surface area (Å²) in [6.07, 6.45) is 0.889. The first-order valence-electron chi connectivity index (χ1n) is 6.89. The number of aryl methyl sites for hydroxylation is 1. The number of anilines is 1. The molecule has 0 aliphatic rings. The fourth-order valence-electron chi connectivity index (χ4n) is 2.35. The van der Waals surface area contributed by atoms with Gasteiger partial charge >= 0.3 is 0 Å². The van der Waals surface area contributed by atoms with Gasteiger partial charge in [0.15, 0.2) is 0 Å². The van der Waals surface area contributed by atoms with Crippen molar-refractivity contribution in [1.82, 2.24) is 5.43 Å². The molecule has 3 nitrogen and oxygen atoms in total. The summed E-state index contributed by atoms with van der Waals surface area (Å²) in [5.41, 5.74) is 7.97. The first-order valence-corrected chi connectivity index (χ1v) is 6.89. The predicted molar refractivity (Wildman–Crippen MR) is 85.7 cm³/mol. The Balaban J connectivity index is 2.24. The number of hydrogen-bond acceptors (Lipinski definition) is 3. The molecular formula is C17H23N3. The largest absolute Gasteiger partial charge is 0.378 e. The van der Waals surface area contributed by atoms with E-state index in [1.165, 1.54) is 22.4 Å². The summed E-state index contributed by atoms with van der Waals surface area (Å²) in [5, 5.41) is 0. The van der Waals surface area contributed by atoms with E-state index in [9.17, 15) is 0 Å². The third-order valence-corrected chi connectivity index (χ3v) is 3.68. The van der Waals surface area contributed by atoms with Gasteiger partial charge in [-0.15, -0.1) is 0 Å². The topological polar surface area (TPSA) is 41.3 Å². The van der Waals surface area contributed by atoms with Crippen molar-refractivity contribution in [3.8, 4) is 0 Å². The van der Waals surface area contributed by atoms with Crippen LogP contribution in [-0.4, -0.2) is 14.1 Å². The highest BCUT2D eigenvalue weighted by Crippen LogP contribution is 2.23. The van der Waals surface area contributed by atoms with Crippen LogP contribution < -0.4 is 16.2 Å². The van der Waals surface area contributed by atoms with Crippen LogP contribution in [0.2, 0.25) is 0 Å². The van der Waals surface area contributed by atoms with Crippen LogP contribution >= 0.6 is 0 Å². The molecule has 2 aromatic carbocycles. The number of nitrogens with one attached hydrogen (secondary N) is 1. The van der Waals surface area contributed by atoms with E-state index in [0.29, 0.717) is 0 Å². The van der Waals surface area contributed by atoms with Gasteiger partial charge in [0.2, 0.25) is 0 Å². The van der Waals surface area contributed by atoms with Crippen molar-refractivity contribution in [2.75, 3.05) is 19.0 Å². The predicted octanol–water partition coefficient (Wildman–Crippen LogP) is 2.81. The molecule has 0 saturated heterocycles. The van der Waals surface area contributed by atoms with Gasteiger partial charge in [-0.1, -0.05) is 36.4 Å². The van der Waals surface area contributed by atoms with E-state index in [4.69, 9.17) is 5.84 Å². The minimum atomic E-state index is 0.121. The Bertz CT molecular complexity index is 564. The maximum Gasteiger partial charge on any atom is 0.0501 e. The van der Waals surface area contributed by atoms with Gasteiger partial charge in [0, 0.05) is 19.8 Å². The lowest BCUT2D eigenvalue weighted by atomic mass is 9.96. The normalized spacial score (nSPS) is 12.2. The third-order valence-electron chi connectivity index (χ3n) is 3.68. The summed E-state index contributed by atoms with van der Waals surface area (Å²) in [6, 6.07) is 17.0. The maximum absolute atomic E-state index is 5.77. The molecule has 0 spiro atoms. The summed E-state index contributed by atoms with van der Waals surface area (Å²) in [7, 11) is 4.09. The van der Waals surface area contributed by atoms with Crippen LogP contribution in [0.5, 0.6) is 0 Å². The van der Waals surface area contributed by atoms with E-state index in [0.717, 1.165) is 6.42 Å². The van der Waals surface area contributed by atoms with E-state index in [2.05, 4.69) is 65.8 Å². The smallest absolute Gasteiger partial charge is 0.0501 e. The Morgan fingerprint density at radius 2 is 1.85 bits per heavy atom. The van der Waals surface area contributed by atoms with Crippen molar-refractivity contribution in [1.29, 1.82) is 0 Å². The van der Waals surface area contributed by atoms with Crippen LogP contribution in [0, 0.1) is 6.92 Å². The van der Waals surface area contributed by atoms with Crippen LogP contribution in [0.15, 0.2) is 48.5 Å². The molecule has 1 atom stereocenters. The highest BCUT2D eigenvalue weighted by Gasteiger charge is 2.12. The standard InChI is InChI=1S/C17H23N3/c1-13-7-4-5-8-14(13)12-17(19-18)15-9-6-10-16(11-15)20(2)3/h4-11,17,19H,12,18H2,1-3H3. The van der Waals surface area contributed by atoms with E-state index in [-0.39, 0.29) is 6.04 Å². The average Bonchev–Trinajstić information content (AvgIpc) is 2.46.